The first kappa shape index (κ1) is 23.8. The number of aromatic nitrogens is 3. The standard InChI is InChI=1S/C25H21F2N3O5/c1-14-11-20(15(2)30(14)16-7-9-17(10-8-16)35-25(26)27)22(31)13-34-23(32)12-21-18-5-3-4-6-19(18)24(33)29-28-21/h3-11,25H,12-13H2,1-2H3,(H,29,33). The molecule has 4 aromatic rings. The normalized spacial score (nSPS) is 11.1. The van der Waals surface area contributed by atoms with E-state index in [0.717, 1.165) is 5.69 Å². The molecule has 0 fully saturated rings. The van der Waals surface area contributed by atoms with E-state index in [4.69, 9.17) is 4.74 Å². The highest BCUT2D eigenvalue weighted by molar-refractivity contribution is 5.99. The number of nitrogens with one attached hydrogen (secondary N) is 1. The van der Waals surface area contributed by atoms with Crippen molar-refractivity contribution in [3.63, 3.8) is 0 Å². The van der Waals surface area contributed by atoms with E-state index in [1.807, 2.05) is 0 Å². The summed E-state index contributed by atoms with van der Waals surface area (Å²) in [6.07, 6.45) is -0.212. The van der Waals surface area contributed by atoms with Crippen molar-refractivity contribution in [3.05, 3.63) is 87.6 Å². The molecule has 4 rings (SSSR count). The molecule has 0 atom stereocenters. The number of carbonyl (C=O) groups excluding carboxylic acids is 2. The van der Waals surface area contributed by atoms with Crippen molar-refractivity contribution in [2.24, 2.45) is 0 Å². The predicted molar refractivity (Wildman–Crippen MR) is 123 cm³/mol. The van der Waals surface area contributed by atoms with Crippen LogP contribution in [-0.4, -0.2) is 39.7 Å². The van der Waals surface area contributed by atoms with E-state index in [0.29, 0.717) is 33.4 Å². The van der Waals surface area contributed by atoms with E-state index in [1.165, 1.54) is 12.1 Å². The molecule has 2 heterocycles. The maximum atomic E-state index is 12.8. The third-order valence-corrected chi connectivity index (χ3v) is 5.50. The smallest absolute Gasteiger partial charge is 0.387 e. The number of aromatic amines is 1. The number of hydrogen-bond acceptors (Lipinski definition) is 6. The van der Waals surface area contributed by atoms with E-state index in [9.17, 15) is 23.2 Å². The minimum atomic E-state index is -2.92. The summed E-state index contributed by atoms with van der Waals surface area (Å²) in [6, 6.07) is 14.5. The monoisotopic (exact) mass is 481 g/mol. The second-order valence-electron chi connectivity index (χ2n) is 7.80. The quantitative estimate of drug-likeness (QED) is 0.303. The van der Waals surface area contributed by atoms with Crippen LogP contribution in [0, 0.1) is 13.8 Å². The minimum Gasteiger partial charge on any atom is -0.457 e. The lowest BCUT2D eigenvalue weighted by Crippen LogP contribution is -2.18. The van der Waals surface area contributed by atoms with Gasteiger partial charge in [0.25, 0.3) is 5.56 Å². The van der Waals surface area contributed by atoms with Gasteiger partial charge in [-0.2, -0.15) is 13.9 Å². The fraction of sp³-hybridized carbons (Fsp3) is 0.200. The van der Waals surface area contributed by atoms with Crippen LogP contribution < -0.4 is 10.3 Å². The number of nitrogens with zero attached hydrogens (tertiary/aromatic N) is 2. The average molecular weight is 481 g/mol. The first-order valence-electron chi connectivity index (χ1n) is 10.6. The third kappa shape index (κ3) is 5.11. The molecular weight excluding hydrogens is 460 g/mol. The van der Waals surface area contributed by atoms with Crippen LogP contribution in [-0.2, 0) is 16.0 Å². The van der Waals surface area contributed by atoms with Crippen molar-refractivity contribution in [2.45, 2.75) is 26.9 Å². The van der Waals surface area contributed by atoms with Gasteiger partial charge in [-0.05, 0) is 50.2 Å². The number of ether oxygens (including phenoxy) is 2. The van der Waals surface area contributed by atoms with Crippen molar-refractivity contribution in [1.29, 1.82) is 0 Å². The van der Waals surface area contributed by atoms with Crippen LogP contribution in [0.3, 0.4) is 0 Å². The van der Waals surface area contributed by atoms with E-state index < -0.39 is 25.0 Å². The van der Waals surface area contributed by atoms with Crippen LogP contribution in [0.25, 0.3) is 16.5 Å². The highest BCUT2D eigenvalue weighted by Gasteiger charge is 2.19. The molecule has 0 aliphatic rings. The first-order chi connectivity index (χ1) is 16.7. The SMILES string of the molecule is Cc1cc(C(=O)COC(=O)Cc2n[nH]c(=O)c3ccccc23)c(C)n1-c1ccc(OC(F)F)cc1. The molecule has 2 aromatic carbocycles. The van der Waals surface area contributed by atoms with Gasteiger partial charge in [0.1, 0.15) is 5.75 Å². The number of benzene rings is 2. The van der Waals surface area contributed by atoms with E-state index in [-0.39, 0.29) is 17.7 Å². The van der Waals surface area contributed by atoms with Crippen LogP contribution in [0.4, 0.5) is 8.78 Å². The van der Waals surface area contributed by atoms with Crippen molar-refractivity contribution in [1.82, 2.24) is 14.8 Å². The predicted octanol–water partition coefficient (Wildman–Crippen LogP) is 3.90. The van der Waals surface area contributed by atoms with Crippen molar-refractivity contribution in [2.75, 3.05) is 6.61 Å². The summed E-state index contributed by atoms with van der Waals surface area (Å²) in [5.74, 6) is -1.03. The fourth-order valence-electron chi connectivity index (χ4n) is 3.94. The molecule has 35 heavy (non-hydrogen) atoms. The zero-order valence-electron chi connectivity index (χ0n) is 18.9. The third-order valence-electron chi connectivity index (χ3n) is 5.50. The summed E-state index contributed by atoms with van der Waals surface area (Å²) in [4.78, 5) is 37.1. The molecule has 180 valence electrons. The molecule has 0 amide bonds. The van der Waals surface area contributed by atoms with Crippen LogP contribution >= 0.6 is 0 Å². The summed E-state index contributed by atoms with van der Waals surface area (Å²) in [5.41, 5.74) is 2.36. The molecule has 0 aliphatic heterocycles. The van der Waals surface area contributed by atoms with Gasteiger partial charge in [-0.15, -0.1) is 0 Å². The molecule has 0 unspecified atom stereocenters. The number of ketones is 1. The molecule has 0 saturated carbocycles. The Labute approximate surface area is 198 Å². The van der Waals surface area contributed by atoms with Crippen LogP contribution in [0.15, 0.2) is 59.4 Å². The number of alkyl halides is 2. The van der Waals surface area contributed by atoms with Crippen LogP contribution in [0.2, 0.25) is 0 Å². The van der Waals surface area contributed by atoms with Crippen LogP contribution in [0.1, 0.15) is 27.4 Å². The zero-order valence-corrected chi connectivity index (χ0v) is 18.9. The lowest BCUT2D eigenvalue weighted by molar-refractivity contribution is -0.141. The Morgan fingerprint density at radius 3 is 2.43 bits per heavy atom. The number of esters is 1. The average Bonchev–Trinajstić information content (AvgIpc) is 3.13. The minimum absolute atomic E-state index is 0.0270. The first-order valence-corrected chi connectivity index (χ1v) is 10.6. The van der Waals surface area contributed by atoms with Gasteiger partial charge in [-0.25, -0.2) is 5.10 Å². The number of halogens is 2. The van der Waals surface area contributed by atoms with Crippen molar-refractivity contribution in [3.8, 4) is 11.4 Å². The molecule has 8 nitrogen and oxygen atoms in total. The lowest BCUT2D eigenvalue weighted by Gasteiger charge is -2.11. The number of rotatable bonds is 8. The molecule has 0 spiro atoms. The second kappa shape index (κ2) is 9.88. The summed E-state index contributed by atoms with van der Waals surface area (Å²) in [6.45, 7) is 0.154. The van der Waals surface area contributed by atoms with Crippen molar-refractivity contribution < 1.29 is 27.8 Å². The van der Waals surface area contributed by atoms with Gasteiger partial charge in [-0.3, -0.25) is 14.4 Å². The maximum absolute atomic E-state index is 12.8. The Balaban J connectivity index is 1.45. The number of H-pyrrole nitrogens is 1. The molecule has 1 N–H and O–H groups in total. The Morgan fingerprint density at radius 2 is 1.74 bits per heavy atom. The Hall–Kier alpha value is -4.34. The summed E-state index contributed by atoms with van der Waals surface area (Å²) >= 11 is 0. The van der Waals surface area contributed by atoms with Gasteiger partial charge < -0.3 is 14.0 Å². The maximum Gasteiger partial charge on any atom is 0.387 e. The number of aryl methyl sites for hydroxylation is 1. The van der Waals surface area contributed by atoms with Gasteiger partial charge in [0, 0.05) is 28.0 Å². The molecule has 0 radical (unpaired) electrons. The van der Waals surface area contributed by atoms with Gasteiger partial charge in [0.2, 0.25) is 5.78 Å². The highest BCUT2D eigenvalue weighted by Crippen LogP contribution is 2.24. The molecule has 10 heteroatoms. The summed E-state index contributed by atoms with van der Waals surface area (Å²) < 4.78 is 36.1. The zero-order chi connectivity index (χ0) is 25.1. The van der Waals surface area contributed by atoms with Crippen LogP contribution in [0.5, 0.6) is 5.75 Å². The lowest BCUT2D eigenvalue weighted by atomic mass is 10.1. The molecule has 0 aliphatic carbocycles. The number of hydrogen-bond donors (Lipinski definition) is 1. The number of Topliss-reactive ketones (excluding diaryl/α,β-unsaturated/α-hetero) is 1. The number of fused-ring (bicyclic) bond motifs is 1. The number of carbonyl (C=O) groups is 2. The Bertz CT molecular complexity index is 1460. The molecular formula is C25H21F2N3O5. The van der Waals surface area contributed by atoms with Crippen molar-refractivity contribution >= 4 is 22.5 Å². The fourth-order valence-corrected chi connectivity index (χ4v) is 3.94. The van der Waals surface area contributed by atoms with E-state index >= 15 is 0 Å². The largest absolute Gasteiger partial charge is 0.457 e. The van der Waals surface area contributed by atoms with Gasteiger partial charge in [0.05, 0.1) is 17.5 Å². The molecule has 0 bridgehead atoms. The van der Waals surface area contributed by atoms with E-state index in [1.54, 1.807) is 60.9 Å². The van der Waals surface area contributed by atoms with Gasteiger partial charge in [-0.1, -0.05) is 18.2 Å². The molecule has 0 saturated heterocycles. The Kier molecular flexibility index (Phi) is 6.72. The molecule has 2 aromatic heterocycles. The Morgan fingerprint density at radius 1 is 1.06 bits per heavy atom. The highest BCUT2D eigenvalue weighted by atomic mass is 19.3. The topological polar surface area (TPSA) is 103 Å². The second-order valence-corrected chi connectivity index (χ2v) is 7.80. The summed E-state index contributed by atoms with van der Waals surface area (Å²) in [5, 5.41) is 7.24. The van der Waals surface area contributed by atoms with Gasteiger partial charge in [0.15, 0.2) is 6.61 Å². The van der Waals surface area contributed by atoms with Gasteiger partial charge >= 0.3 is 12.6 Å². The summed E-state index contributed by atoms with van der Waals surface area (Å²) in [7, 11) is 0. The van der Waals surface area contributed by atoms with E-state index in [2.05, 4.69) is 14.9 Å².